The number of rotatable bonds is 7. The maximum Gasteiger partial charge on any atom is 0.164 e. The van der Waals surface area contributed by atoms with Crippen molar-refractivity contribution >= 4 is 31.5 Å². The number of thiophene rings is 1. The molecule has 8 aromatic carbocycles. The fraction of sp³-hybridized carbons (Fsp3) is 0. The highest BCUT2D eigenvalue weighted by Crippen LogP contribution is 2.49. The Morgan fingerprint density at radius 1 is 0.351 bits per heavy atom. The molecule has 0 bridgehead atoms. The molecule has 5 heteroatoms. The average Bonchev–Trinajstić information content (AvgIpc) is 3.69. The fourth-order valence-electron chi connectivity index (χ4n) is 7.57. The first-order valence-electron chi connectivity index (χ1n) is 18.8. The van der Waals surface area contributed by atoms with Gasteiger partial charge in [-0.1, -0.05) is 170 Å². The van der Waals surface area contributed by atoms with Gasteiger partial charge in [-0.2, -0.15) is 5.26 Å². The van der Waals surface area contributed by atoms with Crippen molar-refractivity contribution in [1.29, 1.82) is 5.26 Å². The summed E-state index contributed by atoms with van der Waals surface area (Å²) in [6.07, 6.45) is 0. The molecule has 10 aromatic rings. The van der Waals surface area contributed by atoms with Gasteiger partial charge in [0.25, 0.3) is 0 Å². The molecule has 2 aromatic heterocycles. The number of benzene rings is 8. The van der Waals surface area contributed by atoms with E-state index in [4.69, 9.17) is 15.0 Å². The fourth-order valence-corrected chi connectivity index (χ4v) is 8.95. The van der Waals surface area contributed by atoms with Crippen LogP contribution in [0.3, 0.4) is 0 Å². The minimum Gasteiger partial charge on any atom is -0.208 e. The molecule has 0 saturated carbocycles. The molecule has 266 valence electrons. The van der Waals surface area contributed by atoms with Crippen molar-refractivity contribution in [2.75, 3.05) is 0 Å². The van der Waals surface area contributed by atoms with E-state index < -0.39 is 0 Å². The van der Waals surface area contributed by atoms with Crippen molar-refractivity contribution in [1.82, 2.24) is 15.0 Å². The predicted octanol–water partition coefficient (Wildman–Crippen LogP) is 13.8. The zero-order valence-electron chi connectivity index (χ0n) is 30.7. The summed E-state index contributed by atoms with van der Waals surface area (Å²) in [5.41, 5.74) is 12.5. The molecule has 0 spiro atoms. The smallest absolute Gasteiger partial charge is 0.164 e. The van der Waals surface area contributed by atoms with Crippen molar-refractivity contribution in [3.05, 3.63) is 200 Å². The summed E-state index contributed by atoms with van der Waals surface area (Å²) in [6, 6.07) is 69.3. The summed E-state index contributed by atoms with van der Waals surface area (Å²) in [7, 11) is 0. The second-order valence-electron chi connectivity index (χ2n) is 13.9. The third-order valence-corrected chi connectivity index (χ3v) is 11.6. The molecule has 4 nitrogen and oxygen atoms in total. The number of nitrogens with zero attached hydrogens (tertiary/aromatic N) is 4. The molecule has 10 rings (SSSR count). The molecule has 0 aliphatic rings. The number of nitriles is 1. The van der Waals surface area contributed by atoms with Crippen LogP contribution >= 0.6 is 11.3 Å². The van der Waals surface area contributed by atoms with Crippen molar-refractivity contribution in [2.24, 2.45) is 0 Å². The maximum atomic E-state index is 9.82. The van der Waals surface area contributed by atoms with E-state index in [-0.39, 0.29) is 0 Å². The molecule has 0 aliphatic carbocycles. The first-order valence-corrected chi connectivity index (χ1v) is 19.6. The van der Waals surface area contributed by atoms with Crippen LogP contribution in [0.2, 0.25) is 0 Å². The molecule has 2 heterocycles. The van der Waals surface area contributed by atoms with E-state index in [2.05, 4.69) is 121 Å². The second kappa shape index (κ2) is 14.6. The Labute approximate surface area is 334 Å². The van der Waals surface area contributed by atoms with Crippen LogP contribution < -0.4 is 0 Å². The van der Waals surface area contributed by atoms with Crippen LogP contribution in [0.1, 0.15) is 5.56 Å². The van der Waals surface area contributed by atoms with Gasteiger partial charge >= 0.3 is 0 Å². The Hall–Kier alpha value is -7.52. The minimum absolute atomic E-state index is 0.619. The Balaban J connectivity index is 1.19. The SMILES string of the molecule is N#Cc1cccc(-c2ccc(-c3ccc(-c4nc(-c5ccccc5)nc(-c5ccccc5)n4)cc3)c3c2sc2c(-c4ccccc4)cc(-c4ccccc4)cc23)c1. The molecule has 0 unspecified atom stereocenters. The lowest BCUT2D eigenvalue weighted by Crippen LogP contribution is -2.00. The first kappa shape index (κ1) is 34.0. The molecule has 0 aliphatic heterocycles. The Morgan fingerprint density at radius 2 is 0.825 bits per heavy atom. The van der Waals surface area contributed by atoms with Gasteiger partial charge in [-0.05, 0) is 63.2 Å². The average molecular weight is 745 g/mol. The van der Waals surface area contributed by atoms with Crippen LogP contribution in [-0.2, 0) is 0 Å². The van der Waals surface area contributed by atoms with Gasteiger partial charge in [0.2, 0.25) is 0 Å². The molecule has 0 N–H and O–H groups in total. The second-order valence-corrected chi connectivity index (χ2v) is 14.9. The quantitative estimate of drug-likeness (QED) is 0.163. The lowest BCUT2D eigenvalue weighted by Gasteiger charge is -2.12. The first-order chi connectivity index (χ1) is 28.2. The molecule has 0 saturated heterocycles. The highest BCUT2D eigenvalue weighted by molar-refractivity contribution is 7.27. The molecule has 57 heavy (non-hydrogen) atoms. The molecule has 0 radical (unpaired) electrons. The van der Waals surface area contributed by atoms with Gasteiger partial charge < -0.3 is 0 Å². The number of aromatic nitrogens is 3. The van der Waals surface area contributed by atoms with Crippen LogP contribution in [0.5, 0.6) is 0 Å². The topological polar surface area (TPSA) is 62.5 Å². The molecular weight excluding hydrogens is 713 g/mol. The van der Waals surface area contributed by atoms with Gasteiger partial charge in [0, 0.05) is 42.4 Å². The van der Waals surface area contributed by atoms with E-state index in [0.29, 0.717) is 23.0 Å². The van der Waals surface area contributed by atoms with Crippen LogP contribution in [0.25, 0.3) is 98.8 Å². The van der Waals surface area contributed by atoms with Gasteiger partial charge in [0.05, 0.1) is 11.6 Å². The minimum atomic E-state index is 0.619. The lowest BCUT2D eigenvalue weighted by atomic mass is 9.91. The van der Waals surface area contributed by atoms with Crippen LogP contribution in [0, 0.1) is 11.3 Å². The van der Waals surface area contributed by atoms with E-state index in [1.54, 1.807) is 0 Å². The summed E-state index contributed by atoms with van der Waals surface area (Å²) in [5.74, 6) is 1.89. The monoisotopic (exact) mass is 744 g/mol. The van der Waals surface area contributed by atoms with Crippen LogP contribution in [0.15, 0.2) is 194 Å². The largest absolute Gasteiger partial charge is 0.208 e. The highest BCUT2D eigenvalue weighted by atomic mass is 32.1. The zero-order chi connectivity index (χ0) is 38.1. The van der Waals surface area contributed by atoms with E-state index in [0.717, 1.165) is 44.5 Å². The van der Waals surface area contributed by atoms with E-state index in [9.17, 15) is 5.26 Å². The van der Waals surface area contributed by atoms with Crippen LogP contribution in [0.4, 0.5) is 0 Å². The van der Waals surface area contributed by atoms with Crippen molar-refractivity contribution in [2.45, 2.75) is 0 Å². The summed E-state index contributed by atoms with van der Waals surface area (Å²) in [4.78, 5) is 14.8. The van der Waals surface area contributed by atoms with E-state index in [1.165, 1.54) is 36.9 Å². The molecular formula is C52H32N4S. The zero-order valence-corrected chi connectivity index (χ0v) is 31.5. The summed E-state index contributed by atoms with van der Waals surface area (Å²) in [5, 5.41) is 12.2. The number of hydrogen-bond donors (Lipinski definition) is 0. The van der Waals surface area contributed by atoms with Gasteiger partial charge in [0.15, 0.2) is 17.5 Å². The molecule has 0 atom stereocenters. The van der Waals surface area contributed by atoms with Gasteiger partial charge in [0.1, 0.15) is 0 Å². The Bertz CT molecular complexity index is 3040. The van der Waals surface area contributed by atoms with Gasteiger partial charge in [-0.3, -0.25) is 0 Å². The number of hydrogen-bond acceptors (Lipinski definition) is 5. The van der Waals surface area contributed by atoms with Gasteiger partial charge in [-0.15, -0.1) is 11.3 Å². The molecule has 0 amide bonds. The van der Waals surface area contributed by atoms with Crippen LogP contribution in [-0.4, -0.2) is 15.0 Å². The Kier molecular flexibility index (Phi) is 8.72. The van der Waals surface area contributed by atoms with E-state index in [1.807, 2.05) is 90.2 Å². The summed E-state index contributed by atoms with van der Waals surface area (Å²) < 4.78 is 2.41. The normalized spacial score (nSPS) is 11.1. The van der Waals surface area contributed by atoms with Gasteiger partial charge in [-0.25, -0.2) is 15.0 Å². The summed E-state index contributed by atoms with van der Waals surface area (Å²) >= 11 is 1.82. The molecule has 0 fully saturated rings. The highest BCUT2D eigenvalue weighted by Gasteiger charge is 2.20. The third kappa shape index (κ3) is 6.44. The van der Waals surface area contributed by atoms with E-state index >= 15 is 0 Å². The maximum absolute atomic E-state index is 9.82. The van der Waals surface area contributed by atoms with Crippen molar-refractivity contribution in [3.8, 4) is 84.7 Å². The van der Waals surface area contributed by atoms with Crippen molar-refractivity contribution in [3.63, 3.8) is 0 Å². The standard InChI is InChI=1S/C52H32N4S/c53-33-34-14-13-23-41(30-34)44-29-28-43(47-46-32-42(35-15-5-1-6-16-35)31-45(48(46)57-49(44)47)36-17-7-2-8-18-36)37-24-26-40(27-25-37)52-55-50(38-19-9-3-10-20-38)54-51(56-52)39-21-11-4-12-22-39/h1-32H. The lowest BCUT2D eigenvalue weighted by molar-refractivity contribution is 1.07. The predicted molar refractivity (Wildman–Crippen MR) is 235 cm³/mol. The van der Waals surface area contributed by atoms with Crippen molar-refractivity contribution < 1.29 is 0 Å². The summed E-state index contributed by atoms with van der Waals surface area (Å²) in [6.45, 7) is 0. The third-order valence-electron chi connectivity index (χ3n) is 10.4. The number of fused-ring (bicyclic) bond motifs is 3. The Morgan fingerprint density at radius 3 is 1.40 bits per heavy atom.